The van der Waals surface area contributed by atoms with Crippen LogP contribution in [0.3, 0.4) is 0 Å². The normalized spacial score (nSPS) is 19.3. The lowest BCUT2D eigenvalue weighted by atomic mass is 9.95. The first-order chi connectivity index (χ1) is 12.0. The maximum atomic E-state index is 11.9. The Bertz CT molecular complexity index is 742. The molecule has 25 heavy (non-hydrogen) atoms. The molecular formula is C21H27N3O. The minimum absolute atomic E-state index is 0.0406. The zero-order chi connectivity index (χ0) is 18.0. The monoisotopic (exact) mass is 337 g/mol. The molecule has 1 amide bonds. The molecule has 1 aromatic carbocycles. The number of rotatable bonds is 5. The Morgan fingerprint density at radius 3 is 2.60 bits per heavy atom. The van der Waals surface area contributed by atoms with Crippen LogP contribution in [0.5, 0.6) is 0 Å². The van der Waals surface area contributed by atoms with Crippen molar-refractivity contribution in [2.45, 2.75) is 51.6 Å². The summed E-state index contributed by atoms with van der Waals surface area (Å²) in [7, 11) is 0. The summed E-state index contributed by atoms with van der Waals surface area (Å²) in [5.74, 6) is 0.204. The van der Waals surface area contributed by atoms with Crippen molar-refractivity contribution in [3.05, 3.63) is 65.0 Å². The number of hydrogen-bond acceptors (Lipinski definition) is 3. The molecule has 0 aliphatic carbocycles. The highest BCUT2D eigenvalue weighted by molar-refractivity contribution is 5.80. The van der Waals surface area contributed by atoms with Crippen LogP contribution in [-0.2, 0) is 4.79 Å². The molecule has 1 aromatic heterocycles. The predicted octanol–water partition coefficient (Wildman–Crippen LogP) is 3.55. The van der Waals surface area contributed by atoms with E-state index in [1.54, 1.807) is 0 Å². The Labute approximate surface area is 150 Å². The van der Waals surface area contributed by atoms with Crippen molar-refractivity contribution >= 4 is 5.91 Å². The van der Waals surface area contributed by atoms with E-state index in [2.05, 4.69) is 43.9 Å². The minimum Gasteiger partial charge on any atom is -0.368 e. The van der Waals surface area contributed by atoms with Crippen LogP contribution in [-0.4, -0.2) is 28.4 Å². The van der Waals surface area contributed by atoms with Gasteiger partial charge in [0.15, 0.2) is 0 Å². The third-order valence-corrected chi connectivity index (χ3v) is 5.14. The fourth-order valence-electron chi connectivity index (χ4n) is 3.91. The van der Waals surface area contributed by atoms with Gasteiger partial charge in [-0.25, -0.2) is 0 Å². The third kappa shape index (κ3) is 3.59. The first-order valence-electron chi connectivity index (χ1n) is 9.05. The lowest BCUT2D eigenvalue weighted by molar-refractivity contribution is -0.122. The van der Waals surface area contributed by atoms with Crippen LogP contribution < -0.4 is 5.73 Å². The Balaban J connectivity index is 2.06. The van der Waals surface area contributed by atoms with Crippen molar-refractivity contribution < 1.29 is 4.79 Å². The number of carbonyl (C=O) groups is 1. The highest BCUT2D eigenvalue weighted by Crippen LogP contribution is 2.34. The van der Waals surface area contributed by atoms with Crippen molar-refractivity contribution in [2.24, 2.45) is 5.73 Å². The Morgan fingerprint density at radius 1 is 1.28 bits per heavy atom. The Kier molecular flexibility index (Phi) is 5.19. The van der Waals surface area contributed by atoms with Crippen LogP contribution in [0.1, 0.15) is 61.0 Å². The summed E-state index contributed by atoms with van der Waals surface area (Å²) in [5, 5.41) is 0. The van der Waals surface area contributed by atoms with Gasteiger partial charge in [0.25, 0.3) is 0 Å². The lowest BCUT2D eigenvalue weighted by Crippen LogP contribution is -2.42. The molecule has 4 nitrogen and oxygen atoms in total. The van der Waals surface area contributed by atoms with Crippen molar-refractivity contribution in [3.8, 4) is 0 Å². The van der Waals surface area contributed by atoms with Crippen molar-refractivity contribution in [1.82, 2.24) is 9.88 Å². The predicted molar refractivity (Wildman–Crippen MR) is 100 cm³/mol. The van der Waals surface area contributed by atoms with E-state index in [4.69, 9.17) is 10.7 Å². The molecule has 3 rings (SSSR count). The fraction of sp³-hybridized carbons (Fsp3) is 0.429. The van der Waals surface area contributed by atoms with Crippen LogP contribution in [0.2, 0.25) is 0 Å². The molecule has 1 saturated heterocycles. The van der Waals surface area contributed by atoms with Gasteiger partial charge in [0, 0.05) is 6.20 Å². The lowest BCUT2D eigenvalue weighted by Gasteiger charge is -2.32. The summed E-state index contributed by atoms with van der Waals surface area (Å²) < 4.78 is 0. The van der Waals surface area contributed by atoms with Gasteiger partial charge in [-0.15, -0.1) is 0 Å². The Morgan fingerprint density at radius 2 is 2.00 bits per heavy atom. The summed E-state index contributed by atoms with van der Waals surface area (Å²) in [6.45, 7) is 7.36. The topological polar surface area (TPSA) is 59.2 Å². The number of primary amides is 1. The summed E-state index contributed by atoms with van der Waals surface area (Å²) >= 11 is 0. The summed E-state index contributed by atoms with van der Waals surface area (Å²) in [6, 6.07) is 12.2. The number of aryl methyl sites for hydroxylation is 1. The van der Waals surface area contributed by atoms with Crippen molar-refractivity contribution in [2.75, 3.05) is 6.54 Å². The highest BCUT2D eigenvalue weighted by Gasteiger charge is 2.36. The van der Waals surface area contributed by atoms with Gasteiger partial charge in [0.2, 0.25) is 5.91 Å². The number of carbonyl (C=O) groups excluding carboxylic acids is 1. The number of aromatic nitrogens is 1. The molecule has 4 heteroatoms. The molecule has 0 radical (unpaired) electrons. The molecule has 2 N–H and O–H groups in total. The van der Waals surface area contributed by atoms with E-state index in [1.165, 1.54) is 11.1 Å². The largest absolute Gasteiger partial charge is 0.368 e. The number of nitrogens with zero attached hydrogens (tertiary/aromatic N) is 2. The van der Waals surface area contributed by atoms with Gasteiger partial charge in [0.05, 0.1) is 17.8 Å². The zero-order valence-corrected chi connectivity index (χ0v) is 15.3. The van der Waals surface area contributed by atoms with Gasteiger partial charge in [-0.05, 0) is 55.0 Å². The summed E-state index contributed by atoms with van der Waals surface area (Å²) in [4.78, 5) is 18.9. The van der Waals surface area contributed by atoms with E-state index in [-0.39, 0.29) is 18.0 Å². The average molecular weight is 337 g/mol. The van der Waals surface area contributed by atoms with Gasteiger partial charge < -0.3 is 5.73 Å². The molecule has 1 aliphatic heterocycles. The first-order valence-corrected chi connectivity index (χ1v) is 9.05. The van der Waals surface area contributed by atoms with Gasteiger partial charge in [-0.3, -0.25) is 14.7 Å². The molecule has 2 heterocycles. The second kappa shape index (κ2) is 7.36. The second-order valence-electron chi connectivity index (χ2n) is 7.23. The molecule has 0 saturated carbocycles. The number of amides is 1. The summed E-state index contributed by atoms with van der Waals surface area (Å²) in [5.41, 5.74) is 10.3. The van der Waals surface area contributed by atoms with Crippen molar-refractivity contribution in [1.29, 1.82) is 0 Å². The van der Waals surface area contributed by atoms with Crippen LogP contribution >= 0.6 is 0 Å². The maximum absolute atomic E-state index is 11.9. The van der Waals surface area contributed by atoms with Gasteiger partial charge in [-0.2, -0.15) is 0 Å². The van der Waals surface area contributed by atoms with Crippen LogP contribution in [0, 0.1) is 6.92 Å². The van der Waals surface area contributed by atoms with Crippen LogP contribution in [0.4, 0.5) is 0 Å². The van der Waals surface area contributed by atoms with E-state index in [0.29, 0.717) is 5.92 Å². The average Bonchev–Trinajstić information content (AvgIpc) is 3.05. The molecule has 0 spiro atoms. The van der Waals surface area contributed by atoms with Gasteiger partial charge in [0.1, 0.15) is 0 Å². The van der Waals surface area contributed by atoms with E-state index in [9.17, 15) is 4.79 Å². The smallest absolute Gasteiger partial charge is 0.234 e. The van der Waals surface area contributed by atoms with E-state index in [0.717, 1.165) is 30.6 Å². The zero-order valence-electron chi connectivity index (χ0n) is 15.3. The maximum Gasteiger partial charge on any atom is 0.234 e. The standard InChI is InChI=1S/C21H27N3O/c1-14(2)17-13-23-18(12-15(17)3)20(16-8-5-4-6-9-16)24-11-7-10-19(24)21(22)25/h4-6,8-9,12-14,19-20H,7,10-11H2,1-3H3,(H2,22,25)/t19?,20-/m0/s1. The molecular weight excluding hydrogens is 310 g/mol. The second-order valence-corrected chi connectivity index (χ2v) is 7.23. The molecule has 132 valence electrons. The number of benzene rings is 1. The number of nitrogens with two attached hydrogens (primary N) is 1. The summed E-state index contributed by atoms with van der Waals surface area (Å²) in [6.07, 6.45) is 3.79. The van der Waals surface area contributed by atoms with Crippen molar-refractivity contribution in [3.63, 3.8) is 0 Å². The van der Waals surface area contributed by atoms with Crippen LogP contribution in [0.25, 0.3) is 0 Å². The molecule has 1 aliphatic rings. The minimum atomic E-state index is -0.242. The first kappa shape index (κ1) is 17.6. The Hall–Kier alpha value is -2.20. The quantitative estimate of drug-likeness (QED) is 0.907. The molecule has 2 aromatic rings. The molecule has 0 bridgehead atoms. The van der Waals surface area contributed by atoms with E-state index in [1.807, 2.05) is 24.4 Å². The molecule has 1 fully saturated rings. The van der Waals surface area contributed by atoms with Crippen LogP contribution in [0.15, 0.2) is 42.6 Å². The molecule has 2 atom stereocenters. The number of hydrogen-bond donors (Lipinski definition) is 1. The van der Waals surface area contributed by atoms with Gasteiger partial charge >= 0.3 is 0 Å². The number of likely N-dealkylation sites (tertiary alicyclic amines) is 1. The highest BCUT2D eigenvalue weighted by atomic mass is 16.1. The third-order valence-electron chi connectivity index (χ3n) is 5.14. The number of pyridine rings is 1. The fourth-order valence-corrected chi connectivity index (χ4v) is 3.91. The van der Waals surface area contributed by atoms with E-state index < -0.39 is 0 Å². The van der Waals surface area contributed by atoms with Gasteiger partial charge in [-0.1, -0.05) is 44.2 Å². The van der Waals surface area contributed by atoms with E-state index >= 15 is 0 Å². The SMILES string of the molecule is Cc1cc([C@H](c2ccccc2)N2CCCC2C(N)=O)ncc1C(C)C. The molecule has 1 unspecified atom stereocenters.